The van der Waals surface area contributed by atoms with Crippen molar-refractivity contribution in [1.29, 1.82) is 0 Å². The predicted molar refractivity (Wildman–Crippen MR) is 130 cm³/mol. The minimum absolute atomic E-state index is 0.0616. The number of aromatic nitrogens is 2. The number of methoxy groups -OCH3 is 1. The molecule has 0 fully saturated rings. The summed E-state index contributed by atoms with van der Waals surface area (Å²) in [5.41, 5.74) is 2.55. The van der Waals surface area contributed by atoms with Crippen LogP contribution in [-0.2, 0) is 28.7 Å². The number of aryl methyl sites for hydroxylation is 1. The van der Waals surface area contributed by atoms with Gasteiger partial charge in [-0.3, -0.25) is 9.36 Å². The summed E-state index contributed by atoms with van der Waals surface area (Å²) in [5.74, 6) is 1.44. The highest BCUT2D eigenvalue weighted by molar-refractivity contribution is 7.98. The van der Waals surface area contributed by atoms with Crippen LogP contribution in [0.4, 0.5) is 0 Å². The normalized spacial score (nSPS) is 11.6. The second-order valence-electron chi connectivity index (χ2n) is 7.44. The quantitative estimate of drug-likeness (QED) is 0.305. The molecule has 0 unspecified atom stereocenters. The zero-order valence-electron chi connectivity index (χ0n) is 18.0. The molecule has 4 aromatic rings. The number of nitrogens with two attached hydrogens (primary N) is 1. The molecule has 1 aromatic heterocycles. The minimum atomic E-state index is -3.74. The lowest BCUT2D eigenvalue weighted by molar-refractivity contribution is 0.414. The van der Waals surface area contributed by atoms with Crippen molar-refractivity contribution >= 4 is 32.7 Å². The molecule has 33 heavy (non-hydrogen) atoms. The van der Waals surface area contributed by atoms with Gasteiger partial charge in [0.15, 0.2) is 5.16 Å². The first-order chi connectivity index (χ1) is 15.8. The van der Waals surface area contributed by atoms with E-state index in [1.807, 2.05) is 42.5 Å². The van der Waals surface area contributed by atoms with E-state index < -0.39 is 10.0 Å². The van der Waals surface area contributed by atoms with Crippen molar-refractivity contribution < 1.29 is 13.2 Å². The molecule has 0 saturated carbocycles. The van der Waals surface area contributed by atoms with E-state index >= 15 is 0 Å². The van der Waals surface area contributed by atoms with E-state index in [2.05, 4.69) is 0 Å². The molecule has 3 aromatic carbocycles. The molecular formula is C24H23N3O4S2. The van der Waals surface area contributed by atoms with Crippen molar-refractivity contribution in [2.24, 2.45) is 5.14 Å². The molecule has 0 spiro atoms. The molecular weight excluding hydrogens is 458 g/mol. The van der Waals surface area contributed by atoms with Crippen molar-refractivity contribution in [3.8, 4) is 5.75 Å². The Morgan fingerprint density at radius 2 is 1.64 bits per heavy atom. The van der Waals surface area contributed by atoms with E-state index in [1.54, 1.807) is 29.9 Å². The van der Waals surface area contributed by atoms with Crippen LogP contribution in [0.2, 0.25) is 0 Å². The van der Waals surface area contributed by atoms with Gasteiger partial charge in [0, 0.05) is 12.3 Å². The average molecular weight is 482 g/mol. The topological polar surface area (TPSA) is 104 Å². The highest BCUT2D eigenvalue weighted by atomic mass is 32.2. The zero-order chi connectivity index (χ0) is 23.4. The molecule has 1 heterocycles. The Morgan fingerprint density at radius 1 is 0.970 bits per heavy atom. The van der Waals surface area contributed by atoms with Crippen molar-refractivity contribution in [2.75, 3.05) is 7.11 Å². The van der Waals surface area contributed by atoms with Crippen molar-refractivity contribution in [2.45, 2.75) is 28.8 Å². The maximum Gasteiger partial charge on any atom is 0.262 e. The fraction of sp³-hybridized carbons (Fsp3) is 0.167. The van der Waals surface area contributed by atoms with Crippen molar-refractivity contribution in [1.82, 2.24) is 9.55 Å². The van der Waals surface area contributed by atoms with Gasteiger partial charge in [-0.2, -0.15) is 0 Å². The van der Waals surface area contributed by atoms with Crippen molar-refractivity contribution in [3.63, 3.8) is 0 Å². The molecule has 4 rings (SSSR count). The van der Waals surface area contributed by atoms with Gasteiger partial charge in [0.05, 0.1) is 22.9 Å². The summed E-state index contributed by atoms with van der Waals surface area (Å²) in [6.07, 6.45) is 0.543. The highest BCUT2D eigenvalue weighted by Gasteiger charge is 2.13. The fourth-order valence-corrected chi connectivity index (χ4v) is 4.91. The van der Waals surface area contributed by atoms with Gasteiger partial charge >= 0.3 is 0 Å². The Morgan fingerprint density at radius 3 is 2.30 bits per heavy atom. The van der Waals surface area contributed by atoms with Crippen LogP contribution in [0.15, 0.2) is 87.6 Å². The number of rotatable bonds is 8. The number of sulfonamides is 1. The van der Waals surface area contributed by atoms with Crippen LogP contribution in [0.1, 0.15) is 11.1 Å². The van der Waals surface area contributed by atoms with E-state index in [9.17, 15) is 13.2 Å². The lowest BCUT2D eigenvalue weighted by Crippen LogP contribution is -2.24. The van der Waals surface area contributed by atoms with Crippen molar-refractivity contribution in [3.05, 3.63) is 94.3 Å². The lowest BCUT2D eigenvalue weighted by atomic mass is 10.1. The van der Waals surface area contributed by atoms with Gasteiger partial charge in [-0.25, -0.2) is 18.5 Å². The van der Waals surface area contributed by atoms with Gasteiger partial charge in [-0.15, -0.1) is 0 Å². The lowest BCUT2D eigenvalue weighted by Gasteiger charge is -2.13. The number of hydrogen-bond donors (Lipinski definition) is 1. The third-order valence-corrected chi connectivity index (χ3v) is 7.21. The van der Waals surface area contributed by atoms with E-state index in [4.69, 9.17) is 14.9 Å². The molecule has 170 valence electrons. The van der Waals surface area contributed by atoms with Crippen LogP contribution in [0.3, 0.4) is 0 Å². The van der Waals surface area contributed by atoms with Crippen LogP contribution in [0, 0.1) is 0 Å². The van der Waals surface area contributed by atoms with Gasteiger partial charge < -0.3 is 4.74 Å². The van der Waals surface area contributed by atoms with E-state index in [0.717, 1.165) is 16.9 Å². The summed E-state index contributed by atoms with van der Waals surface area (Å²) < 4.78 is 29.8. The Labute approximate surface area is 196 Å². The summed E-state index contributed by atoms with van der Waals surface area (Å²) in [7, 11) is -2.11. The van der Waals surface area contributed by atoms with Crippen LogP contribution in [0.5, 0.6) is 5.75 Å². The minimum Gasteiger partial charge on any atom is -0.497 e. The number of para-hydroxylation sites is 1. The Bertz CT molecular complexity index is 1430. The number of ether oxygens (including phenoxy) is 1. The van der Waals surface area contributed by atoms with Crippen LogP contribution in [0.25, 0.3) is 10.9 Å². The maximum atomic E-state index is 13.2. The second kappa shape index (κ2) is 9.78. The van der Waals surface area contributed by atoms with E-state index in [-0.39, 0.29) is 10.5 Å². The summed E-state index contributed by atoms with van der Waals surface area (Å²) in [6.45, 7) is 0.413. The Balaban J connectivity index is 1.61. The van der Waals surface area contributed by atoms with Crippen LogP contribution >= 0.6 is 11.8 Å². The van der Waals surface area contributed by atoms with Crippen LogP contribution in [-0.4, -0.2) is 25.1 Å². The molecule has 7 nitrogen and oxygen atoms in total. The van der Waals surface area contributed by atoms with Gasteiger partial charge in [-0.05, 0) is 53.9 Å². The molecule has 0 radical (unpaired) electrons. The molecule has 9 heteroatoms. The third-order valence-electron chi connectivity index (χ3n) is 5.23. The number of hydrogen-bond acceptors (Lipinski definition) is 6. The standard InChI is InChI=1S/C24H23N3O4S2/c1-31-19-10-6-18(7-11-19)16-32-24-26-22-5-3-2-4-21(22)23(28)27(24)15-14-17-8-12-20(13-9-17)33(25,29)30/h2-13H,14-16H2,1H3,(H2,25,29,30). The van der Waals surface area contributed by atoms with Crippen LogP contribution < -0.4 is 15.4 Å². The predicted octanol–water partition coefficient (Wildman–Crippen LogP) is 3.59. The third kappa shape index (κ3) is 5.44. The Hall–Kier alpha value is -3.14. The molecule has 0 aliphatic heterocycles. The number of fused-ring (bicyclic) bond motifs is 1. The fourth-order valence-electron chi connectivity index (χ4n) is 3.41. The number of nitrogens with zero attached hydrogens (tertiary/aromatic N) is 2. The summed E-state index contributed by atoms with van der Waals surface area (Å²) in [6, 6.07) is 21.5. The molecule has 0 aliphatic rings. The highest BCUT2D eigenvalue weighted by Crippen LogP contribution is 2.24. The average Bonchev–Trinajstić information content (AvgIpc) is 2.82. The molecule has 0 amide bonds. The number of thioether (sulfide) groups is 1. The molecule has 2 N–H and O–H groups in total. The van der Waals surface area contributed by atoms with Gasteiger partial charge in [0.2, 0.25) is 10.0 Å². The maximum absolute atomic E-state index is 13.2. The summed E-state index contributed by atoms with van der Waals surface area (Å²) in [5, 5.41) is 6.37. The first-order valence-electron chi connectivity index (χ1n) is 10.2. The first-order valence-corrected chi connectivity index (χ1v) is 12.8. The molecule has 0 aliphatic carbocycles. The van der Waals surface area contributed by atoms with Gasteiger partial charge in [0.1, 0.15) is 5.75 Å². The van der Waals surface area contributed by atoms with E-state index in [0.29, 0.717) is 34.8 Å². The zero-order valence-corrected chi connectivity index (χ0v) is 19.6. The number of primary sulfonamides is 1. The number of benzene rings is 3. The summed E-state index contributed by atoms with van der Waals surface area (Å²) >= 11 is 1.50. The van der Waals surface area contributed by atoms with Gasteiger partial charge in [0.25, 0.3) is 5.56 Å². The Kier molecular flexibility index (Phi) is 6.83. The van der Waals surface area contributed by atoms with Gasteiger partial charge in [-0.1, -0.05) is 48.2 Å². The SMILES string of the molecule is COc1ccc(CSc2nc3ccccc3c(=O)n2CCc2ccc(S(N)(=O)=O)cc2)cc1. The largest absolute Gasteiger partial charge is 0.497 e. The smallest absolute Gasteiger partial charge is 0.262 e. The molecule has 0 atom stereocenters. The second-order valence-corrected chi connectivity index (χ2v) is 9.95. The summed E-state index contributed by atoms with van der Waals surface area (Å²) in [4.78, 5) is 18.1. The monoisotopic (exact) mass is 481 g/mol. The first kappa shape index (κ1) is 23.0. The molecule has 0 saturated heterocycles. The molecule has 0 bridgehead atoms. The van der Waals surface area contributed by atoms with E-state index in [1.165, 1.54) is 23.9 Å².